The highest BCUT2D eigenvalue weighted by Crippen LogP contribution is 2.27. The number of carbonyl (C=O) groups is 3. The molecule has 1 fully saturated rings. The Hall–Kier alpha value is -3.35. The van der Waals surface area contributed by atoms with Crippen molar-refractivity contribution in [2.75, 3.05) is 30.3 Å². The lowest BCUT2D eigenvalue weighted by molar-refractivity contribution is -0.141. The number of hydrogen-bond donors (Lipinski definition) is 2. The molecule has 0 aliphatic carbocycles. The Morgan fingerprint density at radius 1 is 0.844 bits per heavy atom. The molecule has 4 rings (SSSR count). The Balaban J connectivity index is 1.38. The highest BCUT2D eigenvalue weighted by Gasteiger charge is 2.26. The van der Waals surface area contributed by atoms with E-state index in [9.17, 15) is 14.4 Å². The first-order valence-electron chi connectivity index (χ1n) is 11.4. The minimum atomic E-state index is -0.293. The minimum Gasteiger partial charge on any atom is -0.336 e. The molecule has 2 heterocycles. The molecule has 2 N–H and O–H groups in total. The maximum atomic E-state index is 12.9. The van der Waals surface area contributed by atoms with Crippen molar-refractivity contribution in [3.8, 4) is 0 Å². The third-order valence-corrected chi connectivity index (χ3v) is 6.15. The van der Waals surface area contributed by atoms with Crippen LogP contribution in [-0.4, -0.2) is 47.3 Å². The Morgan fingerprint density at radius 3 is 2.50 bits per heavy atom. The van der Waals surface area contributed by atoms with Crippen molar-refractivity contribution in [3.63, 3.8) is 0 Å². The van der Waals surface area contributed by atoms with Crippen LogP contribution in [0.25, 0.3) is 0 Å². The molecule has 0 saturated carbocycles. The van der Waals surface area contributed by atoms with Crippen LogP contribution in [-0.2, 0) is 22.6 Å². The largest absolute Gasteiger partial charge is 0.336 e. The lowest BCUT2D eigenvalue weighted by Crippen LogP contribution is -2.45. The van der Waals surface area contributed by atoms with Crippen LogP contribution < -0.4 is 10.6 Å². The van der Waals surface area contributed by atoms with E-state index in [0.717, 1.165) is 48.2 Å². The summed E-state index contributed by atoms with van der Waals surface area (Å²) in [5.41, 5.74) is 3.58. The molecule has 1 saturated heterocycles. The summed E-state index contributed by atoms with van der Waals surface area (Å²) in [4.78, 5) is 41.3. The van der Waals surface area contributed by atoms with Crippen molar-refractivity contribution >= 4 is 29.2 Å². The number of fused-ring (bicyclic) bond motifs is 1. The van der Waals surface area contributed by atoms with Gasteiger partial charge < -0.3 is 20.4 Å². The van der Waals surface area contributed by atoms with Crippen molar-refractivity contribution in [1.29, 1.82) is 0 Å². The van der Waals surface area contributed by atoms with E-state index >= 15 is 0 Å². The maximum Gasteiger partial charge on any atom is 0.323 e. The third kappa shape index (κ3) is 5.46. The Bertz CT molecular complexity index is 976. The summed E-state index contributed by atoms with van der Waals surface area (Å²) in [6.07, 6.45) is 5.28. The zero-order chi connectivity index (χ0) is 22.3. The van der Waals surface area contributed by atoms with E-state index in [1.807, 2.05) is 53.4 Å². The fourth-order valence-corrected chi connectivity index (χ4v) is 4.39. The van der Waals surface area contributed by atoms with E-state index in [4.69, 9.17) is 0 Å². The van der Waals surface area contributed by atoms with Crippen LogP contribution in [0.5, 0.6) is 0 Å². The molecule has 0 radical (unpaired) electrons. The van der Waals surface area contributed by atoms with Crippen LogP contribution in [0.2, 0.25) is 0 Å². The van der Waals surface area contributed by atoms with Gasteiger partial charge in [0.25, 0.3) is 0 Å². The number of para-hydroxylation sites is 1. The molecule has 0 atom stereocenters. The van der Waals surface area contributed by atoms with Gasteiger partial charge in [-0.05, 0) is 48.6 Å². The molecule has 0 bridgehead atoms. The maximum absolute atomic E-state index is 12.9. The second-order valence-electron chi connectivity index (χ2n) is 8.43. The molecule has 2 aliphatic rings. The average molecular weight is 435 g/mol. The summed E-state index contributed by atoms with van der Waals surface area (Å²) in [6, 6.07) is 14.8. The topological polar surface area (TPSA) is 81.8 Å². The molecule has 0 aromatic heterocycles. The smallest absolute Gasteiger partial charge is 0.323 e. The van der Waals surface area contributed by atoms with Gasteiger partial charge in [-0.15, -0.1) is 0 Å². The zero-order valence-electron chi connectivity index (χ0n) is 18.3. The van der Waals surface area contributed by atoms with Crippen LogP contribution in [0.15, 0.2) is 48.5 Å². The number of urea groups is 1. The fraction of sp³-hybridized carbons (Fsp3) is 0.400. The molecule has 2 aromatic rings. The van der Waals surface area contributed by atoms with Gasteiger partial charge in [-0.2, -0.15) is 0 Å². The number of nitrogens with one attached hydrogen (secondary N) is 2. The normalized spacial score (nSPS) is 16.6. The Morgan fingerprint density at radius 2 is 1.66 bits per heavy atom. The quantitative estimate of drug-likeness (QED) is 0.763. The summed E-state index contributed by atoms with van der Waals surface area (Å²) in [6.45, 7) is 1.89. The molecular weight excluding hydrogens is 404 g/mol. The van der Waals surface area contributed by atoms with Crippen LogP contribution in [0.1, 0.15) is 43.2 Å². The molecule has 7 nitrogen and oxygen atoms in total. The molecule has 0 spiro atoms. The van der Waals surface area contributed by atoms with Crippen molar-refractivity contribution in [1.82, 2.24) is 9.80 Å². The number of hydrogen-bond acceptors (Lipinski definition) is 3. The fourth-order valence-electron chi connectivity index (χ4n) is 4.39. The number of rotatable bonds is 4. The van der Waals surface area contributed by atoms with E-state index in [1.54, 1.807) is 4.90 Å². The van der Waals surface area contributed by atoms with Gasteiger partial charge in [-0.25, -0.2) is 4.79 Å². The van der Waals surface area contributed by atoms with Gasteiger partial charge in [0.2, 0.25) is 11.8 Å². The highest BCUT2D eigenvalue weighted by molar-refractivity contribution is 6.00. The predicted molar refractivity (Wildman–Crippen MR) is 124 cm³/mol. The molecular formula is C25H30N4O3. The number of amides is 4. The lowest BCUT2D eigenvalue weighted by Gasteiger charge is -2.32. The van der Waals surface area contributed by atoms with Gasteiger partial charge in [0.05, 0.1) is 6.54 Å². The molecule has 2 aromatic carbocycles. The summed E-state index contributed by atoms with van der Waals surface area (Å²) in [7, 11) is 0. The molecule has 2 aliphatic heterocycles. The van der Waals surface area contributed by atoms with Crippen LogP contribution in [0, 0.1) is 0 Å². The number of anilines is 2. The van der Waals surface area contributed by atoms with Crippen LogP contribution in [0.4, 0.5) is 16.2 Å². The monoisotopic (exact) mass is 434 g/mol. The average Bonchev–Trinajstić information content (AvgIpc) is 2.79. The predicted octanol–water partition coefficient (Wildman–Crippen LogP) is 4.01. The second-order valence-corrected chi connectivity index (χ2v) is 8.43. The molecule has 0 unspecified atom stereocenters. The van der Waals surface area contributed by atoms with E-state index in [-0.39, 0.29) is 24.4 Å². The van der Waals surface area contributed by atoms with Gasteiger partial charge in [0.15, 0.2) is 0 Å². The third-order valence-electron chi connectivity index (χ3n) is 6.15. The Labute approximate surface area is 188 Å². The molecule has 7 heteroatoms. The van der Waals surface area contributed by atoms with E-state index in [0.29, 0.717) is 32.5 Å². The van der Waals surface area contributed by atoms with E-state index in [2.05, 4.69) is 10.6 Å². The van der Waals surface area contributed by atoms with Gasteiger partial charge in [-0.1, -0.05) is 43.2 Å². The van der Waals surface area contributed by atoms with Crippen LogP contribution >= 0.6 is 0 Å². The van der Waals surface area contributed by atoms with Crippen LogP contribution in [0.3, 0.4) is 0 Å². The standard InChI is InChI=1S/C25H30N4O3/c30-23-13-6-1-2-7-15-28(23)18-24(31)29-16-14-21-19(17-29)9-8-12-22(21)27-25(32)26-20-10-4-3-5-11-20/h3-5,8-12H,1-2,6-7,13-18H2,(H2,26,27,32). The van der Waals surface area contributed by atoms with Gasteiger partial charge >= 0.3 is 6.03 Å². The summed E-state index contributed by atoms with van der Waals surface area (Å²) >= 11 is 0. The summed E-state index contributed by atoms with van der Waals surface area (Å²) in [5, 5.41) is 5.77. The minimum absolute atomic E-state index is 0.00948. The first-order valence-corrected chi connectivity index (χ1v) is 11.4. The first-order chi connectivity index (χ1) is 15.6. The molecule has 32 heavy (non-hydrogen) atoms. The van der Waals surface area contributed by atoms with Gasteiger partial charge in [-0.3, -0.25) is 9.59 Å². The highest BCUT2D eigenvalue weighted by atomic mass is 16.2. The zero-order valence-corrected chi connectivity index (χ0v) is 18.3. The second kappa shape index (κ2) is 10.3. The number of benzene rings is 2. The van der Waals surface area contributed by atoms with Crippen molar-refractivity contribution in [3.05, 3.63) is 59.7 Å². The lowest BCUT2D eigenvalue weighted by atomic mass is 9.97. The SMILES string of the molecule is O=C(Nc1ccccc1)Nc1cccc2c1CCN(C(=O)CN1CCCCCCC1=O)C2. The summed E-state index contributed by atoms with van der Waals surface area (Å²) in [5.74, 6) is 0.0798. The number of likely N-dealkylation sites (tertiary alicyclic amines) is 1. The Kier molecular flexibility index (Phi) is 7.04. The summed E-state index contributed by atoms with van der Waals surface area (Å²) < 4.78 is 0. The van der Waals surface area contributed by atoms with E-state index in [1.165, 1.54) is 0 Å². The van der Waals surface area contributed by atoms with E-state index < -0.39 is 0 Å². The first kappa shape index (κ1) is 21.9. The molecule has 168 valence electrons. The molecule has 4 amide bonds. The number of nitrogens with zero attached hydrogens (tertiary/aromatic N) is 2. The number of carbonyl (C=O) groups excluding carboxylic acids is 3. The van der Waals surface area contributed by atoms with Crippen molar-refractivity contribution in [2.45, 2.75) is 45.1 Å². The van der Waals surface area contributed by atoms with Gasteiger partial charge in [0.1, 0.15) is 0 Å². The van der Waals surface area contributed by atoms with Crippen molar-refractivity contribution < 1.29 is 14.4 Å². The van der Waals surface area contributed by atoms with Gasteiger partial charge in [0, 0.05) is 37.4 Å². The van der Waals surface area contributed by atoms with Crippen molar-refractivity contribution in [2.24, 2.45) is 0 Å².